The molecule has 1 aromatic rings. The van der Waals surface area contributed by atoms with Gasteiger partial charge in [-0.05, 0) is 30.5 Å². The average molecular weight is 299 g/mol. The van der Waals surface area contributed by atoms with E-state index in [1.165, 1.54) is 0 Å². The van der Waals surface area contributed by atoms with Crippen LogP contribution in [0.4, 0.5) is 0 Å². The van der Waals surface area contributed by atoms with Crippen molar-refractivity contribution in [3.63, 3.8) is 0 Å². The van der Waals surface area contributed by atoms with Crippen LogP contribution in [0.2, 0.25) is 0 Å². The standard InChI is InChI=1S/C17H21N3O2/c1-3-12(2)16(21)19-15-8-9-20(17(15)22)11-14-6-4-13(10-18)5-7-14/h4-7,12,15H,3,8-9,11H2,1-2H3,(H,19,21)/t12-,15+/m0/s1. The lowest BCUT2D eigenvalue weighted by atomic mass is 10.1. The first kappa shape index (κ1) is 16.0. The van der Waals surface area contributed by atoms with E-state index in [4.69, 9.17) is 5.26 Å². The van der Waals surface area contributed by atoms with Gasteiger partial charge < -0.3 is 10.2 Å². The molecule has 2 amide bonds. The van der Waals surface area contributed by atoms with E-state index in [1.54, 1.807) is 17.0 Å². The van der Waals surface area contributed by atoms with E-state index >= 15 is 0 Å². The summed E-state index contributed by atoms with van der Waals surface area (Å²) in [5.41, 5.74) is 1.59. The number of nitrogens with one attached hydrogen (secondary N) is 1. The van der Waals surface area contributed by atoms with Crippen molar-refractivity contribution in [1.82, 2.24) is 10.2 Å². The lowest BCUT2D eigenvalue weighted by Gasteiger charge is -2.18. The van der Waals surface area contributed by atoms with Crippen LogP contribution in [0.25, 0.3) is 0 Å². The Bertz CT molecular complexity index is 589. The monoisotopic (exact) mass is 299 g/mol. The lowest BCUT2D eigenvalue weighted by Crippen LogP contribution is -2.43. The van der Waals surface area contributed by atoms with Gasteiger partial charge >= 0.3 is 0 Å². The van der Waals surface area contributed by atoms with Crippen molar-refractivity contribution in [2.75, 3.05) is 6.54 Å². The number of amides is 2. The zero-order chi connectivity index (χ0) is 16.1. The Balaban J connectivity index is 1.93. The summed E-state index contributed by atoms with van der Waals surface area (Å²) < 4.78 is 0. The predicted octanol–water partition coefficient (Wildman–Crippen LogP) is 1.82. The molecule has 0 aromatic heterocycles. The molecule has 0 radical (unpaired) electrons. The highest BCUT2D eigenvalue weighted by molar-refractivity contribution is 5.89. The number of hydrogen-bond acceptors (Lipinski definition) is 3. The molecule has 5 heteroatoms. The second-order valence-electron chi connectivity index (χ2n) is 5.73. The van der Waals surface area contributed by atoms with Crippen LogP contribution in [0, 0.1) is 17.2 Å². The fourth-order valence-electron chi connectivity index (χ4n) is 2.43. The number of nitrogens with zero attached hydrogens (tertiary/aromatic N) is 2. The number of carbonyl (C=O) groups excluding carboxylic acids is 2. The van der Waals surface area contributed by atoms with E-state index < -0.39 is 6.04 Å². The molecule has 2 rings (SSSR count). The zero-order valence-corrected chi connectivity index (χ0v) is 13.0. The molecule has 1 heterocycles. The van der Waals surface area contributed by atoms with E-state index in [-0.39, 0.29) is 17.7 Å². The Morgan fingerprint density at radius 2 is 2.14 bits per heavy atom. The molecule has 0 saturated carbocycles. The Kier molecular flexibility index (Phi) is 5.16. The minimum Gasteiger partial charge on any atom is -0.344 e. The second kappa shape index (κ2) is 7.08. The third kappa shape index (κ3) is 3.64. The molecule has 116 valence electrons. The molecule has 0 spiro atoms. The van der Waals surface area contributed by atoms with Gasteiger partial charge in [0, 0.05) is 19.0 Å². The van der Waals surface area contributed by atoms with Gasteiger partial charge in [-0.2, -0.15) is 5.26 Å². The highest BCUT2D eigenvalue weighted by Crippen LogP contribution is 2.16. The summed E-state index contributed by atoms with van der Waals surface area (Å²) in [4.78, 5) is 26.0. The van der Waals surface area contributed by atoms with E-state index in [0.717, 1.165) is 12.0 Å². The first-order valence-corrected chi connectivity index (χ1v) is 7.63. The molecule has 1 aliphatic heterocycles. The summed E-state index contributed by atoms with van der Waals surface area (Å²) in [5, 5.41) is 11.6. The Labute approximate surface area is 130 Å². The minimum absolute atomic E-state index is 0.0268. The van der Waals surface area contributed by atoms with Gasteiger partial charge in [0.05, 0.1) is 11.6 Å². The van der Waals surface area contributed by atoms with Crippen LogP contribution in [0.15, 0.2) is 24.3 Å². The number of nitriles is 1. The molecule has 2 atom stereocenters. The molecule has 1 N–H and O–H groups in total. The number of rotatable bonds is 5. The van der Waals surface area contributed by atoms with Gasteiger partial charge in [-0.15, -0.1) is 0 Å². The molecule has 0 unspecified atom stereocenters. The van der Waals surface area contributed by atoms with Crippen molar-refractivity contribution in [2.24, 2.45) is 5.92 Å². The molecule has 1 saturated heterocycles. The molecule has 0 bridgehead atoms. The fourth-order valence-corrected chi connectivity index (χ4v) is 2.43. The van der Waals surface area contributed by atoms with Gasteiger partial charge in [0.1, 0.15) is 6.04 Å². The molecule has 0 aliphatic carbocycles. The maximum absolute atomic E-state index is 12.3. The van der Waals surface area contributed by atoms with Crippen molar-refractivity contribution < 1.29 is 9.59 Å². The van der Waals surface area contributed by atoms with Gasteiger partial charge in [0.25, 0.3) is 0 Å². The second-order valence-corrected chi connectivity index (χ2v) is 5.73. The Morgan fingerprint density at radius 3 is 2.73 bits per heavy atom. The zero-order valence-electron chi connectivity index (χ0n) is 13.0. The maximum Gasteiger partial charge on any atom is 0.245 e. The maximum atomic E-state index is 12.3. The highest BCUT2D eigenvalue weighted by atomic mass is 16.2. The number of likely N-dealkylation sites (tertiary alicyclic amines) is 1. The van der Waals surface area contributed by atoms with Crippen LogP contribution < -0.4 is 5.32 Å². The number of benzene rings is 1. The average Bonchev–Trinajstić information content (AvgIpc) is 2.88. The van der Waals surface area contributed by atoms with Crippen molar-refractivity contribution in [2.45, 2.75) is 39.3 Å². The largest absolute Gasteiger partial charge is 0.344 e. The van der Waals surface area contributed by atoms with E-state index in [0.29, 0.717) is 25.1 Å². The van der Waals surface area contributed by atoms with E-state index in [1.807, 2.05) is 26.0 Å². The van der Waals surface area contributed by atoms with E-state index in [2.05, 4.69) is 11.4 Å². The van der Waals surface area contributed by atoms with Gasteiger partial charge in [-0.25, -0.2) is 0 Å². The first-order chi connectivity index (χ1) is 10.5. The van der Waals surface area contributed by atoms with Crippen molar-refractivity contribution in [1.29, 1.82) is 5.26 Å². The topological polar surface area (TPSA) is 73.2 Å². The van der Waals surface area contributed by atoms with Gasteiger partial charge in [-0.3, -0.25) is 9.59 Å². The number of carbonyl (C=O) groups is 2. The highest BCUT2D eigenvalue weighted by Gasteiger charge is 2.33. The van der Waals surface area contributed by atoms with Crippen molar-refractivity contribution >= 4 is 11.8 Å². The van der Waals surface area contributed by atoms with Gasteiger partial charge in [0.2, 0.25) is 11.8 Å². The summed E-state index contributed by atoms with van der Waals surface area (Å²) in [6.07, 6.45) is 1.42. The summed E-state index contributed by atoms with van der Waals surface area (Å²) in [6, 6.07) is 8.88. The summed E-state index contributed by atoms with van der Waals surface area (Å²) in [5.74, 6) is -0.150. The van der Waals surface area contributed by atoms with Crippen LogP contribution in [0.1, 0.15) is 37.8 Å². The Hall–Kier alpha value is -2.35. The molecule has 1 aliphatic rings. The summed E-state index contributed by atoms with van der Waals surface area (Å²) in [7, 11) is 0. The van der Waals surface area contributed by atoms with Crippen molar-refractivity contribution in [3.05, 3.63) is 35.4 Å². The van der Waals surface area contributed by atoms with Crippen LogP contribution >= 0.6 is 0 Å². The normalized spacial score (nSPS) is 18.9. The summed E-state index contributed by atoms with van der Waals surface area (Å²) >= 11 is 0. The van der Waals surface area contributed by atoms with Crippen LogP contribution in [0.3, 0.4) is 0 Å². The first-order valence-electron chi connectivity index (χ1n) is 7.63. The molecule has 5 nitrogen and oxygen atoms in total. The van der Waals surface area contributed by atoms with Gasteiger partial charge in [-0.1, -0.05) is 26.0 Å². The Morgan fingerprint density at radius 1 is 1.45 bits per heavy atom. The number of hydrogen-bond donors (Lipinski definition) is 1. The quantitative estimate of drug-likeness (QED) is 0.901. The van der Waals surface area contributed by atoms with Crippen LogP contribution in [-0.4, -0.2) is 29.3 Å². The predicted molar refractivity (Wildman–Crippen MR) is 82.6 cm³/mol. The molecular formula is C17H21N3O2. The minimum atomic E-state index is -0.403. The van der Waals surface area contributed by atoms with Crippen LogP contribution in [-0.2, 0) is 16.1 Å². The molecular weight excluding hydrogens is 278 g/mol. The lowest BCUT2D eigenvalue weighted by molar-refractivity contribution is -0.134. The third-order valence-electron chi connectivity index (χ3n) is 4.13. The smallest absolute Gasteiger partial charge is 0.245 e. The molecule has 1 fully saturated rings. The van der Waals surface area contributed by atoms with E-state index in [9.17, 15) is 9.59 Å². The molecule has 1 aromatic carbocycles. The van der Waals surface area contributed by atoms with Gasteiger partial charge in [0.15, 0.2) is 0 Å². The van der Waals surface area contributed by atoms with Crippen molar-refractivity contribution in [3.8, 4) is 6.07 Å². The third-order valence-corrected chi connectivity index (χ3v) is 4.13. The summed E-state index contributed by atoms with van der Waals surface area (Å²) in [6.45, 7) is 4.98. The van der Waals surface area contributed by atoms with Crippen LogP contribution in [0.5, 0.6) is 0 Å². The fraction of sp³-hybridized carbons (Fsp3) is 0.471. The SMILES string of the molecule is CC[C@H](C)C(=O)N[C@@H]1CCN(Cc2ccc(C#N)cc2)C1=O. The molecule has 22 heavy (non-hydrogen) atoms.